The maximum atomic E-state index is 12.6. The highest BCUT2D eigenvalue weighted by Crippen LogP contribution is 2.30. The Morgan fingerprint density at radius 2 is 1.70 bits per heavy atom. The van der Waals surface area contributed by atoms with Crippen LogP contribution in [0, 0.1) is 0 Å². The Labute approximate surface area is 162 Å². The summed E-state index contributed by atoms with van der Waals surface area (Å²) >= 11 is 0.910. The van der Waals surface area contributed by atoms with Crippen molar-refractivity contribution in [3.8, 4) is 11.5 Å². The van der Waals surface area contributed by atoms with Gasteiger partial charge in [-0.2, -0.15) is 0 Å². The first-order chi connectivity index (χ1) is 12.8. The van der Waals surface area contributed by atoms with E-state index < -0.39 is 10.0 Å². The highest BCUT2D eigenvalue weighted by Gasteiger charge is 2.18. The Morgan fingerprint density at radius 3 is 2.26 bits per heavy atom. The second-order valence-electron chi connectivity index (χ2n) is 5.40. The summed E-state index contributed by atoms with van der Waals surface area (Å²) in [6.45, 7) is 1.38. The molecule has 0 saturated carbocycles. The molecule has 9 heteroatoms. The lowest BCUT2D eigenvalue weighted by Crippen LogP contribution is -2.14. The zero-order valence-corrected chi connectivity index (χ0v) is 16.6. The van der Waals surface area contributed by atoms with Crippen LogP contribution in [-0.2, 0) is 14.8 Å². The molecule has 0 atom stereocenters. The van der Waals surface area contributed by atoms with Gasteiger partial charge in [-0.3, -0.25) is 14.3 Å². The van der Waals surface area contributed by atoms with E-state index in [2.05, 4.69) is 4.72 Å². The van der Waals surface area contributed by atoms with Crippen LogP contribution in [0.5, 0.6) is 11.5 Å². The molecule has 2 rings (SSSR count). The number of ether oxygens (including phenoxy) is 2. The summed E-state index contributed by atoms with van der Waals surface area (Å²) in [7, 11) is -0.956. The predicted octanol–water partition coefficient (Wildman–Crippen LogP) is 2.97. The fraction of sp³-hybridized carbons (Fsp3) is 0.222. The number of hydrogen-bond acceptors (Lipinski definition) is 7. The fourth-order valence-electron chi connectivity index (χ4n) is 2.16. The Morgan fingerprint density at radius 1 is 1.04 bits per heavy atom. The van der Waals surface area contributed by atoms with Crippen LogP contribution in [0.3, 0.4) is 0 Å². The summed E-state index contributed by atoms with van der Waals surface area (Å²) in [5, 5.41) is -0.153. The SMILES string of the molecule is COc1ccc(NS(=O)(=O)c2ccc(C(=O)CSC(C)=O)cc2)c(OC)c1. The van der Waals surface area contributed by atoms with Gasteiger partial charge in [-0.05, 0) is 24.3 Å². The van der Waals surface area contributed by atoms with Crippen LogP contribution in [-0.4, -0.2) is 39.3 Å². The second-order valence-corrected chi connectivity index (χ2v) is 8.23. The monoisotopic (exact) mass is 409 g/mol. The molecular formula is C18H19NO6S2. The molecule has 27 heavy (non-hydrogen) atoms. The molecule has 0 bridgehead atoms. The maximum Gasteiger partial charge on any atom is 0.262 e. The molecule has 0 fully saturated rings. The summed E-state index contributed by atoms with van der Waals surface area (Å²) in [6, 6.07) is 10.2. The number of hydrogen-bond donors (Lipinski definition) is 1. The summed E-state index contributed by atoms with van der Waals surface area (Å²) in [6.07, 6.45) is 0. The molecule has 0 aromatic heterocycles. The van der Waals surface area contributed by atoms with Crippen molar-refractivity contribution >= 4 is 38.4 Å². The molecule has 0 unspecified atom stereocenters. The lowest BCUT2D eigenvalue weighted by atomic mass is 10.1. The van der Waals surface area contributed by atoms with Crippen LogP contribution in [0.4, 0.5) is 5.69 Å². The third kappa shape index (κ3) is 5.48. The molecule has 0 heterocycles. The van der Waals surface area contributed by atoms with E-state index >= 15 is 0 Å². The Balaban J connectivity index is 2.20. The molecule has 0 amide bonds. The van der Waals surface area contributed by atoms with E-state index in [1.807, 2.05) is 0 Å². The average Bonchev–Trinajstić information content (AvgIpc) is 2.66. The summed E-state index contributed by atoms with van der Waals surface area (Å²) in [5.74, 6) is 0.610. The standard InChI is InChI=1S/C18H19NO6S2/c1-12(20)26-11-17(21)13-4-7-15(8-5-13)27(22,23)19-16-9-6-14(24-2)10-18(16)25-3/h4-10,19H,11H2,1-3H3. The van der Waals surface area contributed by atoms with Crippen molar-refractivity contribution in [3.05, 3.63) is 48.0 Å². The number of Topliss-reactive ketones (excluding diaryl/α,β-unsaturated/α-hetero) is 1. The van der Waals surface area contributed by atoms with Gasteiger partial charge in [-0.25, -0.2) is 8.42 Å². The lowest BCUT2D eigenvalue weighted by Gasteiger charge is -2.13. The minimum absolute atomic E-state index is 0.00357. The van der Waals surface area contributed by atoms with Crippen LogP contribution in [0.15, 0.2) is 47.4 Å². The fourth-order valence-corrected chi connectivity index (χ4v) is 3.73. The minimum Gasteiger partial charge on any atom is -0.497 e. The topological polar surface area (TPSA) is 98.8 Å². The van der Waals surface area contributed by atoms with Crippen molar-refractivity contribution in [2.24, 2.45) is 0 Å². The summed E-state index contributed by atoms with van der Waals surface area (Å²) in [4.78, 5) is 22.9. The van der Waals surface area contributed by atoms with Crippen molar-refractivity contribution in [1.82, 2.24) is 0 Å². The summed E-state index contributed by atoms with van der Waals surface area (Å²) in [5.41, 5.74) is 0.598. The van der Waals surface area contributed by atoms with Gasteiger partial charge in [-0.1, -0.05) is 23.9 Å². The Hall–Kier alpha value is -2.52. The molecule has 1 N–H and O–H groups in total. The first-order valence-corrected chi connectivity index (χ1v) is 10.2. The lowest BCUT2D eigenvalue weighted by molar-refractivity contribution is -0.109. The molecule has 0 aliphatic carbocycles. The van der Waals surface area contributed by atoms with Gasteiger partial charge in [0.25, 0.3) is 10.0 Å². The van der Waals surface area contributed by atoms with Crippen LogP contribution < -0.4 is 14.2 Å². The third-order valence-corrected chi connectivity index (χ3v) is 5.74. The van der Waals surface area contributed by atoms with Gasteiger partial charge in [-0.15, -0.1) is 0 Å². The van der Waals surface area contributed by atoms with Gasteiger partial charge in [0.15, 0.2) is 10.9 Å². The van der Waals surface area contributed by atoms with Gasteiger partial charge < -0.3 is 9.47 Å². The Kier molecular flexibility index (Phi) is 6.86. The second kappa shape index (κ2) is 8.92. The highest BCUT2D eigenvalue weighted by molar-refractivity contribution is 8.14. The van der Waals surface area contributed by atoms with Crippen LogP contribution in [0.2, 0.25) is 0 Å². The zero-order chi connectivity index (χ0) is 20.0. The van der Waals surface area contributed by atoms with E-state index in [1.165, 1.54) is 51.5 Å². The number of anilines is 1. The molecule has 7 nitrogen and oxygen atoms in total. The van der Waals surface area contributed by atoms with Gasteiger partial charge in [0.2, 0.25) is 0 Å². The number of rotatable bonds is 8. The van der Waals surface area contributed by atoms with E-state index in [1.54, 1.807) is 12.1 Å². The number of benzene rings is 2. The van der Waals surface area contributed by atoms with Crippen molar-refractivity contribution in [1.29, 1.82) is 0 Å². The maximum absolute atomic E-state index is 12.6. The van der Waals surface area contributed by atoms with Gasteiger partial charge in [0, 0.05) is 18.6 Å². The number of nitrogens with one attached hydrogen (secondary N) is 1. The minimum atomic E-state index is -3.88. The van der Waals surface area contributed by atoms with E-state index in [4.69, 9.17) is 9.47 Å². The largest absolute Gasteiger partial charge is 0.497 e. The number of ketones is 1. The van der Waals surface area contributed by atoms with Crippen LogP contribution in [0.25, 0.3) is 0 Å². The number of carbonyl (C=O) groups excluding carboxylic acids is 2. The Bertz CT molecular complexity index is 939. The van der Waals surface area contributed by atoms with E-state index in [0.717, 1.165) is 11.8 Å². The van der Waals surface area contributed by atoms with Crippen molar-refractivity contribution in [2.45, 2.75) is 11.8 Å². The van der Waals surface area contributed by atoms with Crippen molar-refractivity contribution in [2.75, 3.05) is 24.7 Å². The van der Waals surface area contributed by atoms with E-state index in [9.17, 15) is 18.0 Å². The first kappa shape index (κ1) is 20.8. The predicted molar refractivity (Wildman–Crippen MR) is 104 cm³/mol. The number of carbonyl (C=O) groups is 2. The van der Waals surface area contributed by atoms with Crippen LogP contribution in [0.1, 0.15) is 17.3 Å². The van der Waals surface area contributed by atoms with Crippen molar-refractivity contribution in [3.63, 3.8) is 0 Å². The average molecular weight is 409 g/mol. The number of methoxy groups -OCH3 is 2. The molecule has 144 valence electrons. The molecule has 0 aliphatic heterocycles. The first-order valence-electron chi connectivity index (χ1n) is 7.78. The highest BCUT2D eigenvalue weighted by atomic mass is 32.2. The summed E-state index contributed by atoms with van der Waals surface area (Å²) < 4.78 is 37.9. The van der Waals surface area contributed by atoms with Crippen LogP contribution >= 0.6 is 11.8 Å². The number of sulfonamides is 1. The quantitative estimate of drug-likeness (QED) is 0.669. The molecule has 0 saturated heterocycles. The molecule has 0 spiro atoms. The zero-order valence-electron chi connectivity index (χ0n) is 15.0. The van der Waals surface area contributed by atoms with E-state index in [-0.39, 0.29) is 27.2 Å². The van der Waals surface area contributed by atoms with Gasteiger partial charge in [0.05, 0.1) is 30.6 Å². The van der Waals surface area contributed by atoms with E-state index in [0.29, 0.717) is 17.1 Å². The third-order valence-electron chi connectivity index (χ3n) is 3.55. The van der Waals surface area contributed by atoms with Crippen molar-refractivity contribution < 1.29 is 27.5 Å². The normalized spacial score (nSPS) is 10.9. The van der Waals surface area contributed by atoms with Gasteiger partial charge in [0.1, 0.15) is 11.5 Å². The molecule has 0 radical (unpaired) electrons. The molecule has 2 aromatic carbocycles. The molecular weight excluding hydrogens is 390 g/mol. The number of thioether (sulfide) groups is 1. The van der Waals surface area contributed by atoms with Gasteiger partial charge >= 0.3 is 0 Å². The molecule has 0 aliphatic rings. The smallest absolute Gasteiger partial charge is 0.262 e. The molecule has 2 aromatic rings.